The highest BCUT2D eigenvalue weighted by Crippen LogP contribution is 2.29. The average molecular weight is 298 g/mol. The molecule has 0 radical (unpaired) electrons. The minimum Gasteiger partial charge on any atom is -0.472 e. The van der Waals surface area contributed by atoms with Crippen LogP contribution in [-0.2, 0) is 0 Å². The van der Waals surface area contributed by atoms with E-state index in [2.05, 4.69) is 0 Å². The molecule has 0 N–H and O–H groups in total. The first kappa shape index (κ1) is 14.0. The molecule has 0 aliphatic rings. The molecule has 1 amide bonds. The second-order valence-corrected chi connectivity index (χ2v) is 5.11. The van der Waals surface area contributed by atoms with Crippen LogP contribution in [0.3, 0.4) is 0 Å². The zero-order valence-electron chi connectivity index (χ0n) is 10.6. The summed E-state index contributed by atoms with van der Waals surface area (Å²) in [6.07, 6.45) is 2.90. The molecule has 3 nitrogen and oxygen atoms in total. The van der Waals surface area contributed by atoms with Crippen molar-refractivity contribution in [3.05, 3.63) is 58.0 Å². The predicted molar refractivity (Wildman–Crippen MR) is 75.7 cm³/mol. The molecule has 100 valence electrons. The fourth-order valence-electron chi connectivity index (χ4n) is 1.81. The van der Waals surface area contributed by atoms with Gasteiger partial charge in [0.1, 0.15) is 6.26 Å². The Balaban J connectivity index is 2.23. The lowest BCUT2D eigenvalue weighted by Crippen LogP contribution is -2.29. The standard InChI is InChI=1S/C14H13Cl2NO2/c1-9(12-4-3-11(15)7-13(12)16)17(2)14(18)10-5-6-19-8-10/h3-9H,1-2H3. The Morgan fingerprint density at radius 2 is 2.05 bits per heavy atom. The van der Waals surface area contributed by atoms with Crippen LogP contribution in [0.4, 0.5) is 0 Å². The maximum atomic E-state index is 12.2. The maximum absolute atomic E-state index is 12.2. The first-order chi connectivity index (χ1) is 9.00. The normalized spacial score (nSPS) is 12.2. The van der Waals surface area contributed by atoms with Crippen molar-refractivity contribution < 1.29 is 9.21 Å². The van der Waals surface area contributed by atoms with Crippen LogP contribution in [-0.4, -0.2) is 17.9 Å². The van der Waals surface area contributed by atoms with Crippen LogP contribution in [0.2, 0.25) is 10.0 Å². The molecule has 1 atom stereocenters. The zero-order chi connectivity index (χ0) is 14.0. The average Bonchev–Trinajstić information content (AvgIpc) is 2.90. The Morgan fingerprint density at radius 1 is 1.32 bits per heavy atom. The number of hydrogen-bond acceptors (Lipinski definition) is 2. The number of amides is 1. The van der Waals surface area contributed by atoms with Gasteiger partial charge in [0.15, 0.2) is 0 Å². The molecule has 1 aromatic carbocycles. The first-order valence-electron chi connectivity index (χ1n) is 5.75. The Kier molecular flexibility index (Phi) is 4.17. The lowest BCUT2D eigenvalue weighted by Gasteiger charge is -2.25. The molecule has 2 rings (SSSR count). The zero-order valence-corrected chi connectivity index (χ0v) is 12.1. The van der Waals surface area contributed by atoms with Crippen molar-refractivity contribution in [1.82, 2.24) is 4.90 Å². The quantitative estimate of drug-likeness (QED) is 0.840. The highest BCUT2D eigenvalue weighted by Gasteiger charge is 2.21. The molecule has 1 unspecified atom stereocenters. The van der Waals surface area contributed by atoms with E-state index in [0.29, 0.717) is 15.6 Å². The van der Waals surface area contributed by atoms with Gasteiger partial charge in [0.2, 0.25) is 0 Å². The van der Waals surface area contributed by atoms with E-state index >= 15 is 0 Å². The van der Waals surface area contributed by atoms with Gasteiger partial charge in [-0.3, -0.25) is 4.79 Å². The lowest BCUT2D eigenvalue weighted by atomic mass is 10.1. The summed E-state index contributed by atoms with van der Waals surface area (Å²) in [6.45, 7) is 1.91. The molecule has 0 bridgehead atoms. The van der Waals surface area contributed by atoms with Crippen molar-refractivity contribution in [1.29, 1.82) is 0 Å². The summed E-state index contributed by atoms with van der Waals surface area (Å²) in [5.41, 5.74) is 1.37. The van der Waals surface area contributed by atoms with Crippen molar-refractivity contribution in [2.45, 2.75) is 13.0 Å². The van der Waals surface area contributed by atoms with Gasteiger partial charge in [-0.1, -0.05) is 29.3 Å². The Bertz CT molecular complexity index is 581. The van der Waals surface area contributed by atoms with Crippen LogP contribution in [0.15, 0.2) is 41.2 Å². The molecule has 2 aromatic rings. The van der Waals surface area contributed by atoms with E-state index in [1.807, 2.05) is 13.0 Å². The van der Waals surface area contributed by atoms with Gasteiger partial charge in [0.05, 0.1) is 17.9 Å². The molecule has 5 heteroatoms. The number of halogens is 2. The van der Waals surface area contributed by atoms with E-state index in [1.165, 1.54) is 12.5 Å². The molecular weight excluding hydrogens is 285 g/mol. The van der Waals surface area contributed by atoms with Crippen LogP contribution < -0.4 is 0 Å². The van der Waals surface area contributed by atoms with Crippen LogP contribution in [0.1, 0.15) is 28.9 Å². The van der Waals surface area contributed by atoms with Crippen LogP contribution >= 0.6 is 23.2 Å². The minimum atomic E-state index is -0.160. The van der Waals surface area contributed by atoms with Gasteiger partial charge in [0.25, 0.3) is 5.91 Å². The summed E-state index contributed by atoms with van der Waals surface area (Å²) in [5.74, 6) is -0.118. The van der Waals surface area contributed by atoms with Gasteiger partial charge in [-0.25, -0.2) is 0 Å². The molecule has 0 aliphatic heterocycles. The van der Waals surface area contributed by atoms with Gasteiger partial charge in [-0.2, -0.15) is 0 Å². The largest absolute Gasteiger partial charge is 0.472 e. The van der Waals surface area contributed by atoms with Gasteiger partial charge in [-0.15, -0.1) is 0 Å². The third kappa shape index (κ3) is 2.94. The fourth-order valence-corrected chi connectivity index (χ4v) is 2.38. The number of carbonyl (C=O) groups is 1. The number of furan rings is 1. The van der Waals surface area contributed by atoms with Gasteiger partial charge in [0, 0.05) is 17.1 Å². The number of hydrogen-bond donors (Lipinski definition) is 0. The third-order valence-electron chi connectivity index (χ3n) is 3.08. The number of nitrogens with zero attached hydrogens (tertiary/aromatic N) is 1. The fraction of sp³-hybridized carbons (Fsp3) is 0.214. The molecule has 1 aromatic heterocycles. The van der Waals surface area contributed by atoms with E-state index in [0.717, 1.165) is 5.56 Å². The Morgan fingerprint density at radius 3 is 2.63 bits per heavy atom. The topological polar surface area (TPSA) is 33.5 Å². The maximum Gasteiger partial charge on any atom is 0.257 e. The van der Waals surface area contributed by atoms with E-state index in [9.17, 15) is 4.79 Å². The van der Waals surface area contributed by atoms with Gasteiger partial charge < -0.3 is 9.32 Å². The summed E-state index contributed by atoms with van der Waals surface area (Å²) < 4.78 is 4.92. The lowest BCUT2D eigenvalue weighted by molar-refractivity contribution is 0.0742. The number of carbonyl (C=O) groups excluding carboxylic acids is 1. The minimum absolute atomic E-state index is 0.118. The second-order valence-electron chi connectivity index (χ2n) is 4.27. The monoisotopic (exact) mass is 297 g/mol. The number of rotatable bonds is 3. The molecule has 0 saturated carbocycles. The van der Waals surface area contributed by atoms with Crippen molar-refractivity contribution in [3.8, 4) is 0 Å². The smallest absolute Gasteiger partial charge is 0.257 e. The van der Waals surface area contributed by atoms with Gasteiger partial charge >= 0.3 is 0 Å². The van der Waals surface area contributed by atoms with E-state index in [4.69, 9.17) is 27.6 Å². The van der Waals surface area contributed by atoms with Crippen molar-refractivity contribution >= 4 is 29.1 Å². The van der Waals surface area contributed by atoms with Crippen LogP contribution in [0.5, 0.6) is 0 Å². The SMILES string of the molecule is CC(c1ccc(Cl)cc1Cl)N(C)C(=O)c1ccoc1. The highest BCUT2D eigenvalue weighted by molar-refractivity contribution is 6.35. The van der Waals surface area contributed by atoms with E-state index in [1.54, 1.807) is 30.1 Å². The van der Waals surface area contributed by atoms with E-state index < -0.39 is 0 Å². The summed E-state index contributed by atoms with van der Waals surface area (Å²) >= 11 is 12.0. The van der Waals surface area contributed by atoms with Crippen molar-refractivity contribution in [2.24, 2.45) is 0 Å². The Hall–Kier alpha value is -1.45. The van der Waals surface area contributed by atoms with Gasteiger partial charge in [-0.05, 0) is 30.7 Å². The second kappa shape index (κ2) is 5.68. The molecule has 0 saturated heterocycles. The molecule has 19 heavy (non-hydrogen) atoms. The van der Waals surface area contributed by atoms with Crippen LogP contribution in [0.25, 0.3) is 0 Å². The van der Waals surface area contributed by atoms with Crippen molar-refractivity contribution in [3.63, 3.8) is 0 Å². The predicted octanol–water partition coefficient (Wildman–Crippen LogP) is 4.42. The van der Waals surface area contributed by atoms with Crippen molar-refractivity contribution in [2.75, 3.05) is 7.05 Å². The number of benzene rings is 1. The first-order valence-corrected chi connectivity index (χ1v) is 6.50. The summed E-state index contributed by atoms with van der Waals surface area (Å²) in [4.78, 5) is 13.8. The summed E-state index contributed by atoms with van der Waals surface area (Å²) in [7, 11) is 1.73. The summed E-state index contributed by atoms with van der Waals surface area (Å²) in [5, 5.41) is 1.12. The highest BCUT2D eigenvalue weighted by atomic mass is 35.5. The Labute approximate surface area is 121 Å². The molecule has 0 aliphatic carbocycles. The molecule has 1 heterocycles. The third-order valence-corrected chi connectivity index (χ3v) is 3.64. The molecule has 0 spiro atoms. The molecular formula is C14H13Cl2NO2. The van der Waals surface area contributed by atoms with E-state index in [-0.39, 0.29) is 11.9 Å². The summed E-state index contributed by atoms with van der Waals surface area (Å²) in [6, 6.07) is 6.73. The van der Waals surface area contributed by atoms with Crippen LogP contribution in [0, 0.1) is 0 Å². The molecule has 0 fully saturated rings.